The van der Waals surface area contributed by atoms with Crippen molar-refractivity contribution in [1.29, 1.82) is 0 Å². The monoisotopic (exact) mass is 409 g/mol. The van der Waals surface area contributed by atoms with Crippen molar-refractivity contribution in [3.05, 3.63) is 65.7 Å². The van der Waals surface area contributed by atoms with E-state index in [4.69, 9.17) is 9.47 Å². The van der Waals surface area contributed by atoms with Gasteiger partial charge in [-0.3, -0.25) is 14.4 Å². The van der Waals surface area contributed by atoms with Gasteiger partial charge in [0.05, 0.1) is 19.1 Å². The van der Waals surface area contributed by atoms with E-state index in [0.29, 0.717) is 0 Å². The van der Waals surface area contributed by atoms with E-state index in [1.165, 1.54) is 0 Å². The standard InChI is InChI=1S/C24H27NO5/c1-4-29-22(27)24(23(28)30-5-2)15-17-11-9-10-14-19(17)20(16-24)21(26)25(3)18-12-7-6-8-13-18/h6-14,20H,4-5,15-16H2,1-3H3. The van der Waals surface area contributed by atoms with Gasteiger partial charge in [0.25, 0.3) is 0 Å². The molecular formula is C24H27NO5. The van der Waals surface area contributed by atoms with Crippen LogP contribution < -0.4 is 4.90 Å². The Hall–Kier alpha value is -3.15. The van der Waals surface area contributed by atoms with Crippen molar-refractivity contribution in [3.8, 4) is 0 Å². The summed E-state index contributed by atoms with van der Waals surface area (Å²) in [5.74, 6) is -2.14. The van der Waals surface area contributed by atoms with Gasteiger partial charge in [-0.25, -0.2) is 0 Å². The van der Waals surface area contributed by atoms with Gasteiger partial charge in [0.2, 0.25) is 5.91 Å². The first-order chi connectivity index (χ1) is 14.4. The molecule has 2 aromatic rings. The average Bonchev–Trinajstić information content (AvgIpc) is 2.78. The van der Waals surface area contributed by atoms with E-state index in [2.05, 4.69) is 0 Å². The van der Waals surface area contributed by atoms with Gasteiger partial charge in [0, 0.05) is 12.7 Å². The van der Waals surface area contributed by atoms with E-state index in [1.54, 1.807) is 25.8 Å². The molecule has 6 nitrogen and oxygen atoms in total. The van der Waals surface area contributed by atoms with Crippen LogP contribution in [-0.4, -0.2) is 38.1 Å². The molecule has 0 radical (unpaired) electrons. The lowest BCUT2D eigenvalue weighted by Gasteiger charge is -2.38. The third-order valence-corrected chi connectivity index (χ3v) is 5.58. The minimum atomic E-state index is -1.54. The largest absolute Gasteiger partial charge is 0.465 e. The number of rotatable bonds is 6. The summed E-state index contributed by atoms with van der Waals surface area (Å²) in [6.45, 7) is 3.67. The van der Waals surface area contributed by atoms with Crippen LogP contribution in [0, 0.1) is 5.41 Å². The average molecular weight is 409 g/mol. The molecule has 1 atom stereocenters. The Balaban J connectivity index is 2.07. The van der Waals surface area contributed by atoms with Crippen LogP contribution in [0.4, 0.5) is 5.69 Å². The Morgan fingerprint density at radius 1 is 0.933 bits per heavy atom. The molecule has 158 valence electrons. The number of ether oxygens (including phenoxy) is 2. The topological polar surface area (TPSA) is 72.9 Å². The highest BCUT2D eigenvalue weighted by molar-refractivity contribution is 6.04. The first-order valence-electron chi connectivity index (χ1n) is 10.2. The molecule has 1 aliphatic rings. The Bertz CT molecular complexity index is 906. The van der Waals surface area contributed by atoms with Crippen molar-refractivity contribution in [2.75, 3.05) is 25.2 Å². The molecule has 0 heterocycles. The minimum Gasteiger partial charge on any atom is -0.465 e. The molecule has 0 saturated heterocycles. The number of para-hydroxylation sites is 1. The number of hydrogen-bond acceptors (Lipinski definition) is 5. The Morgan fingerprint density at radius 2 is 1.50 bits per heavy atom. The maximum Gasteiger partial charge on any atom is 0.323 e. The molecule has 6 heteroatoms. The molecule has 3 rings (SSSR count). The number of carbonyl (C=O) groups excluding carboxylic acids is 3. The second-order valence-electron chi connectivity index (χ2n) is 7.39. The maximum atomic E-state index is 13.5. The fourth-order valence-electron chi connectivity index (χ4n) is 4.06. The van der Waals surface area contributed by atoms with Gasteiger partial charge >= 0.3 is 11.9 Å². The summed E-state index contributed by atoms with van der Waals surface area (Å²) in [7, 11) is 1.70. The zero-order valence-corrected chi connectivity index (χ0v) is 17.6. The minimum absolute atomic E-state index is 0.0116. The van der Waals surface area contributed by atoms with Crippen molar-refractivity contribution in [3.63, 3.8) is 0 Å². The molecule has 0 N–H and O–H groups in total. The van der Waals surface area contributed by atoms with Gasteiger partial charge in [-0.2, -0.15) is 0 Å². The summed E-state index contributed by atoms with van der Waals surface area (Å²) >= 11 is 0. The van der Waals surface area contributed by atoms with Crippen LogP contribution in [0.5, 0.6) is 0 Å². The first kappa shape index (κ1) is 21.6. The van der Waals surface area contributed by atoms with Crippen LogP contribution in [-0.2, 0) is 30.3 Å². The quantitative estimate of drug-likeness (QED) is 0.539. The number of carbonyl (C=O) groups is 3. The van der Waals surface area contributed by atoms with Crippen LogP contribution in [0.2, 0.25) is 0 Å². The summed E-state index contributed by atoms with van der Waals surface area (Å²) in [5.41, 5.74) is 0.806. The molecule has 1 amide bonds. The number of benzene rings is 2. The molecule has 0 spiro atoms. The number of fused-ring (bicyclic) bond motifs is 1. The summed E-state index contributed by atoms with van der Waals surface area (Å²) in [5, 5.41) is 0. The highest BCUT2D eigenvalue weighted by Gasteiger charge is 2.54. The van der Waals surface area contributed by atoms with Crippen LogP contribution in [0.3, 0.4) is 0 Å². The molecule has 30 heavy (non-hydrogen) atoms. The van der Waals surface area contributed by atoms with Gasteiger partial charge in [0.15, 0.2) is 5.41 Å². The molecule has 2 aromatic carbocycles. The highest BCUT2D eigenvalue weighted by Crippen LogP contribution is 2.45. The third-order valence-electron chi connectivity index (χ3n) is 5.58. The number of amides is 1. The van der Waals surface area contributed by atoms with Gasteiger partial charge in [-0.1, -0.05) is 42.5 Å². The summed E-state index contributed by atoms with van der Waals surface area (Å²) in [6.07, 6.45) is 0.164. The normalized spacial score (nSPS) is 16.8. The molecule has 0 aliphatic heterocycles. The molecule has 1 unspecified atom stereocenters. The lowest BCUT2D eigenvalue weighted by atomic mass is 9.66. The van der Waals surface area contributed by atoms with E-state index in [0.717, 1.165) is 16.8 Å². The van der Waals surface area contributed by atoms with Gasteiger partial charge in [-0.15, -0.1) is 0 Å². The predicted octanol–water partition coefficient (Wildman–Crippen LogP) is 3.49. The van der Waals surface area contributed by atoms with Crippen molar-refractivity contribution < 1.29 is 23.9 Å². The Morgan fingerprint density at radius 3 is 2.10 bits per heavy atom. The van der Waals surface area contributed by atoms with E-state index in [-0.39, 0.29) is 32.0 Å². The summed E-state index contributed by atoms with van der Waals surface area (Å²) in [6, 6.07) is 16.7. The van der Waals surface area contributed by atoms with Gasteiger partial charge in [-0.05, 0) is 49.9 Å². The highest BCUT2D eigenvalue weighted by atomic mass is 16.6. The van der Waals surface area contributed by atoms with Crippen molar-refractivity contribution in [2.24, 2.45) is 5.41 Å². The fraction of sp³-hybridized carbons (Fsp3) is 0.375. The van der Waals surface area contributed by atoms with Crippen LogP contribution in [0.1, 0.15) is 37.3 Å². The lowest BCUT2D eigenvalue weighted by Crippen LogP contribution is -2.49. The maximum absolute atomic E-state index is 13.5. The number of anilines is 1. The number of nitrogens with zero attached hydrogens (tertiary/aromatic N) is 1. The number of likely N-dealkylation sites (N-methyl/N-ethyl adjacent to an activating group) is 1. The van der Waals surface area contributed by atoms with E-state index >= 15 is 0 Å². The second kappa shape index (κ2) is 9.11. The molecular weight excluding hydrogens is 382 g/mol. The number of hydrogen-bond donors (Lipinski definition) is 0. The number of esters is 2. The lowest BCUT2D eigenvalue weighted by molar-refractivity contribution is -0.173. The zero-order chi connectivity index (χ0) is 21.7. The van der Waals surface area contributed by atoms with Gasteiger partial charge in [0.1, 0.15) is 0 Å². The van der Waals surface area contributed by atoms with E-state index in [1.807, 2.05) is 54.6 Å². The van der Waals surface area contributed by atoms with Crippen LogP contribution in [0.15, 0.2) is 54.6 Å². The van der Waals surface area contributed by atoms with Crippen molar-refractivity contribution in [2.45, 2.75) is 32.6 Å². The zero-order valence-electron chi connectivity index (χ0n) is 17.6. The predicted molar refractivity (Wildman–Crippen MR) is 113 cm³/mol. The summed E-state index contributed by atoms with van der Waals surface area (Å²) < 4.78 is 10.6. The SMILES string of the molecule is CCOC(=O)C1(C(=O)OCC)Cc2ccccc2C(C(=O)N(C)c2ccccc2)C1. The Labute approximate surface area is 176 Å². The fourth-order valence-corrected chi connectivity index (χ4v) is 4.06. The molecule has 0 fully saturated rings. The summed E-state index contributed by atoms with van der Waals surface area (Å²) in [4.78, 5) is 41.1. The third kappa shape index (κ3) is 3.95. The van der Waals surface area contributed by atoms with Crippen molar-refractivity contribution >= 4 is 23.5 Å². The smallest absolute Gasteiger partial charge is 0.323 e. The molecule has 0 aromatic heterocycles. The van der Waals surface area contributed by atoms with Crippen molar-refractivity contribution in [1.82, 2.24) is 0 Å². The molecule has 0 bridgehead atoms. The van der Waals surface area contributed by atoms with Crippen LogP contribution >= 0.6 is 0 Å². The van der Waals surface area contributed by atoms with Gasteiger partial charge < -0.3 is 14.4 Å². The van der Waals surface area contributed by atoms with Crippen LogP contribution in [0.25, 0.3) is 0 Å². The molecule has 0 saturated carbocycles. The molecule has 1 aliphatic carbocycles. The Kier molecular flexibility index (Phi) is 6.55. The second-order valence-corrected chi connectivity index (χ2v) is 7.39. The van der Waals surface area contributed by atoms with E-state index < -0.39 is 23.3 Å². The first-order valence-corrected chi connectivity index (χ1v) is 10.2. The van der Waals surface area contributed by atoms with E-state index in [9.17, 15) is 14.4 Å².